The molecule has 31 heavy (non-hydrogen) atoms. The van der Waals surface area contributed by atoms with Gasteiger partial charge in [-0.1, -0.05) is 54.6 Å². The Morgan fingerprint density at radius 2 is 1.71 bits per heavy atom. The highest BCUT2D eigenvalue weighted by molar-refractivity contribution is 5.95. The molecule has 3 aromatic carbocycles. The van der Waals surface area contributed by atoms with E-state index >= 15 is 0 Å². The van der Waals surface area contributed by atoms with Crippen LogP contribution in [0.1, 0.15) is 39.6 Å². The van der Waals surface area contributed by atoms with Crippen LogP contribution in [-0.2, 0) is 13.0 Å². The van der Waals surface area contributed by atoms with Crippen molar-refractivity contribution in [2.24, 2.45) is 5.73 Å². The van der Waals surface area contributed by atoms with Crippen molar-refractivity contribution in [2.45, 2.75) is 25.5 Å². The summed E-state index contributed by atoms with van der Waals surface area (Å²) < 4.78 is 5.61. The van der Waals surface area contributed by atoms with E-state index in [4.69, 9.17) is 10.5 Å². The molecule has 0 saturated carbocycles. The van der Waals surface area contributed by atoms with Crippen LogP contribution in [0, 0.1) is 0 Å². The number of rotatable bonds is 11. The molecule has 6 nitrogen and oxygen atoms in total. The molecule has 0 aliphatic carbocycles. The molecule has 0 fully saturated rings. The normalized spacial score (nSPS) is 11.8. The van der Waals surface area contributed by atoms with E-state index in [0.717, 1.165) is 29.7 Å². The first-order chi connectivity index (χ1) is 15.0. The smallest absolute Gasteiger partial charge is 0.252 e. The summed E-state index contributed by atoms with van der Waals surface area (Å²) in [6, 6.07) is 22.2. The second-order valence-corrected chi connectivity index (χ2v) is 7.32. The Morgan fingerprint density at radius 3 is 2.42 bits per heavy atom. The Bertz CT molecular complexity index is 992. The number of primary amides is 1. The Kier molecular flexibility index (Phi) is 8.04. The summed E-state index contributed by atoms with van der Waals surface area (Å²) in [6.45, 7) is 1.92. The van der Waals surface area contributed by atoms with Gasteiger partial charge in [0.05, 0.1) is 18.3 Å². The zero-order valence-corrected chi connectivity index (χ0v) is 17.3. The van der Waals surface area contributed by atoms with Gasteiger partial charge in [0, 0.05) is 19.0 Å². The van der Waals surface area contributed by atoms with Crippen molar-refractivity contribution in [3.05, 3.63) is 95.1 Å². The van der Waals surface area contributed by atoms with Crippen molar-refractivity contribution in [1.29, 1.82) is 0 Å². The predicted octanol–water partition coefficient (Wildman–Crippen LogP) is 3.33. The molecule has 0 spiro atoms. The summed E-state index contributed by atoms with van der Waals surface area (Å²) >= 11 is 0. The fraction of sp³-hybridized carbons (Fsp3) is 0.240. The minimum Gasteiger partial charge on any atom is -0.507 e. The maximum absolute atomic E-state index is 11.1. The quantitative estimate of drug-likeness (QED) is 0.356. The number of ether oxygens (including phenoxy) is 1. The monoisotopic (exact) mass is 420 g/mol. The number of aromatic hydroxyl groups is 1. The van der Waals surface area contributed by atoms with Crippen LogP contribution in [0.25, 0.3) is 0 Å². The maximum atomic E-state index is 11.1. The molecule has 6 heteroatoms. The van der Waals surface area contributed by atoms with E-state index in [-0.39, 0.29) is 11.3 Å². The Morgan fingerprint density at radius 1 is 1.00 bits per heavy atom. The van der Waals surface area contributed by atoms with Gasteiger partial charge in [-0.25, -0.2) is 0 Å². The number of aliphatic hydroxyl groups excluding tert-OH is 1. The number of benzene rings is 3. The molecule has 0 aliphatic rings. The van der Waals surface area contributed by atoms with Crippen LogP contribution in [0.4, 0.5) is 0 Å². The van der Waals surface area contributed by atoms with E-state index in [1.165, 1.54) is 12.1 Å². The van der Waals surface area contributed by atoms with Crippen molar-refractivity contribution in [3.8, 4) is 11.5 Å². The fourth-order valence-electron chi connectivity index (χ4n) is 3.35. The molecular weight excluding hydrogens is 392 g/mol. The molecule has 3 rings (SSSR count). The lowest BCUT2D eigenvalue weighted by Gasteiger charge is -2.15. The summed E-state index contributed by atoms with van der Waals surface area (Å²) in [4.78, 5) is 11.1. The third-order valence-electron chi connectivity index (χ3n) is 5.03. The van der Waals surface area contributed by atoms with Gasteiger partial charge in [0.2, 0.25) is 0 Å². The van der Waals surface area contributed by atoms with E-state index in [2.05, 4.69) is 17.4 Å². The van der Waals surface area contributed by atoms with Crippen molar-refractivity contribution < 1.29 is 19.7 Å². The van der Waals surface area contributed by atoms with Gasteiger partial charge in [0.25, 0.3) is 5.91 Å². The van der Waals surface area contributed by atoms with Crippen LogP contribution in [-0.4, -0.2) is 29.3 Å². The van der Waals surface area contributed by atoms with Gasteiger partial charge >= 0.3 is 0 Å². The highest BCUT2D eigenvalue weighted by Crippen LogP contribution is 2.23. The molecule has 0 bridgehead atoms. The average molecular weight is 421 g/mol. The number of nitrogens with two attached hydrogens (primary N) is 1. The van der Waals surface area contributed by atoms with Crippen LogP contribution in [0.3, 0.4) is 0 Å². The van der Waals surface area contributed by atoms with Crippen LogP contribution < -0.4 is 15.8 Å². The van der Waals surface area contributed by atoms with E-state index in [9.17, 15) is 15.0 Å². The second-order valence-electron chi connectivity index (χ2n) is 7.32. The summed E-state index contributed by atoms with van der Waals surface area (Å²) in [5.41, 5.74) is 8.44. The molecular formula is C25H28N2O4. The first kappa shape index (κ1) is 22.3. The number of hydrogen-bond acceptors (Lipinski definition) is 5. The first-order valence-electron chi connectivity index (χ1n) is 10.3. The number of carbonyl (C=O) groups is 1. The Labute approximate surface area is 182 Å². The molecule has 5 N–H and O–H groups in total. The Balaban J connectivity index is 1.43. The van der Waals surface area contributed by atoms with Crippen molar-refractivity contribution in [3.63, 3.8) is 0 Å². The van der Waals surface area contributed by atoms with Crippen LogP contribution in [0.15, 0.2) is 72.8 Å². The first-order valence-corrected chi connectivity index (χ1v) is 10.3. The van der Waals surface area contributed by atoms with E-state index in [1.54, 1.807) is 6.07 Å². The topological polar surface area (TPSA) is 105 Å². The number of aliphatic hydroxyl groups is 1. The van der Waals surface area contributed by atoms with Gasteiger partial charge in [-0.05, 0) is 41.8 Å². The largest absolute Gasteiger partial charge is 0.507 e. The lowest BCUT2D eigenvalue weighted by Crippen LogP contribution is -2.18. The standard InChI is InChI=1S/C25H28N2O4/c26-25(30)22-12-11-21(16-24(22)29)31-14-6-13-27-17-20-10-5-4-9-19(20)15-23(28)18-7-2-1-3-8-18/h1-5,7-12,16,23,27-29H,6,13-15,17H2,(H2,26,30). The molecule has 0 radical (unpaired) electrons. The van der Waals surface area contributed by atoms with Gasteiger partial charge in [-0.3, -0.25) is 4.79 Å². The number of carbonyl (C=O) groups excluding carboxylic acids is 1. The fourth-order valence-corrected chi connectivity index (χ4v) is 3.35. The van der Waals surface area contributed by atoms with Crippen molar-refractivity contribution in [2.75, 3.05) is 13.2 Å². The lowest BCUT2D eigenvalue weighted by molar-refractivity contribution is 0.0997. The maximum Gasteiger partial charge on any atom is 0.252 e. The number of nitrogens with one attached hydrogen (secondary N) is 1. The molecule has 162 valence electrons. The third-order valence-corrected chi connectivity index (χ3v) is 5.03. The van der Waals surface area contributed by atoms with Gasteiger partial charge < -0.3 is 26.0 Å². The summed E-state index contributed by atoms with van der Waals surface area (Å²) in [6.07, 6.45) is 0.802. The molecule has 1 amide bonds. The van der Waals surface area contributed by atoms with Crippen LogP contribution >= 0.6 is 0 Å². The van der Waals surface area contributed by atoms with Crippen LogP contribution in [0.5, 0.6) is 11.5 Å². The van der Waals surface area contributed by atoms with Gasteiger partial charge in [0.15, 0.2) is 0 Å². The summed E-state index contributed by atoms with van der Waals surface area (Å²) in [5, 5.41) is 23.7. The molecule has 0 aliphatic heterocycles. The minimum atomic E-state index is -0.676. The zero-order valence-electron chi connectivity index (χ0n) is 17.3. The molecule has 0 aromatic heterocycles. The highest BCUT2D eigenvalue weighted by Gasteiger charge is 2.11. The minimum absolute atomic E-state index is 0.0741. The van der Waals surface area contributed by atoms with E-state index in [1.807, 2.05) is 42.5 Å². The second kappa shape index (κ2) is 11.2. The summed E-state index contributed by atoms with van der Waals surface area (Å²) in [5.74, 6) is -0.370. The molecule has 0 heterocycles. The molecule has 1 atom stereocenters. The van der Waals surface area contributed by atoms with Crippen molar-refractivity contribution >= 4 is 5.91 Å². The van der Waals surface area contributed by atoms with Gasteiger partial charge in [-0.2, -0.15) is 0 Å². The van der Waals surface area contributed by atoms with Gasteiger partial charge in [-0.15, -0.1) is 0 Å². The lowest BCUT2D eigenvalue weighted by atomic mass is 9.97. The SMILES string of the molecule is NC(=O)c1ccc(OCCCNCc2ccccc2CC(O)c2ccccc2)cc1O. The molecule has 3 aromatic rings. The van der Waals surface area contributed by atoms with E-state index in [0.29, 0.717) is 25.3 Å². The number of amides is 1. The van der Waals surface area contributed by atoms with E-state index < -0.39 is 12.0 Å². The Hall–Kier alpha value is -3.35. The number of phenols is 1. The third kappa shape index (κ3) is 6.57. The molecule has 1 unspecified atom stereocenters. The zero-order chi connectivity index (χ0) is 22.1. The predicted molar refractivity (Wildman–Crippen MR) is 120 cm³/mol. The summed E-state index contributed by atoms with van der Waals surface area (Å²) in [7, 11) is 0. The average Bonchev–Trinajstić information content (AvgIpc) is 2.77. The van der Waals surface area contributed by atoms with Gasteiger partial charge in [0.1, 0.15) is 11.5 Å². The number of hydrogen-bond donors (Lipinski definition) is 4. The van der Waals surface area contributed by atoms with Crippen molar-refractivity contribution in [1.82, 2.24) is 5.32 Å². The van der Waals surface area contributed by atoms with Crippen LogP contribution in [0.2, 0.25) is 0 Å². The highest BCUT2D eigenvalue weighted by atomic mass is 16.5. The molecule has 0 saturated heterocycles.